The standard InChI is InChI=1S/C43H38BNO2/c1-41(2)42(3,4)47-44(46-41)33-21-16-24-35(29-33)45(34-22-12-7-13-23-34)36-27-28-38-37-25-14-15-26-39(37)43(40(38)30-36,31-17-8-5-9-18-31)32-19-10-6-11-20-32/h5-30H,1-4H3. The molecule has 0 atom stereocenters. The quantitative estimate of drug-likeness (QED) is 0.175. The zero-order valence-electron chi connectivity index (χ0n) is 27.4. The molecule has 0 bridgehead atoms. The number of rotatable bonds is 6. The molecular formula is C43H38BNO2. The van der Waals surface area contributed by atoms with Gasteiger partial charge in [-0.15, -0.1) is 0 Å². The van der Waals surface area contributed by atoms with Crippen LogP contribution in [0.1, 0.15) is 49.9 Å². The van der Waals surface area contributed by atoms with Gasteiger partial charge in [0.1, 0.15) is 0 Å². The summed E-state index contributed by atoms with van der Waals surface area (Å²) in [5, 5.41) is 0. The summed E-state index contributed by atoms with van der Waals surface area (Å²) >= 11 is 0. The lowest BCUT2D eigenvalue weighted by Crippen LogP contribution is -2.41. The van der Waals surface area contributed by atoms with E-state index in [0.29, 0.717) is 0 Å². The van der Waals surface area contributed by atoms with Crippen LogP contribution >= 0.6 is 0 Å². The van der Waals surface area contributed by atoms with Crippen molar-refractivity contribution in [3.8, 4) is 11.1 Å². The summed E-state index contributed by atoms with van der Waals surface area (Å²) in [4.78, 5) is 2.35. The molecule has 0 amide bonds. The average Bonchev–Trinajstić information content (AvgIpc) is 3.52. The molecule has 47 heavy (non-hydrogen) atoms. The first kappa shape index (κ1) is 29.5. The summed E-state index contributed by atoms with van der Waals surface area (Å²) in [5.41, 5.74) is 10.5. The van der Waals surface area contributed by atoms with Crippen molar-refractivity contribution in [1.29, 1.82) is 0 Å². The highest BCUT2D eigenvalue weighted by Gasteiger charge is 2.52. The number of hydrogen-bond donors (Lipinski definition) is 0. The first-order valence-electron chi connectivity index (χ1n) is 16.5. The van der Waals surface area contributed by atoms with E-state index in [2.05, 4.69) is 190 Å². The minimum atomic E-state index is -0.475. The fourth-order valence-corrected chi connectivity index (χ4v) is 7.39. The Bertz CT molecular complexity index is 2000. The molecule has 1 heterocycles. The van der Waals surface area contributed by atoms with Crippen molar-refractivity contribution in [2.75, 3.05) is 4.90 Å². The van der Waals surface area contributed by atoms with Gasteiger partial charge in [0.25, 0.3) is 0 Å². The Hall–Kier alpha value is -4.90. The first-order chi connectivity index (χ1) is 22.8. The van der Waals surface area contributed by atoms with Crippen LogP contribution in [0.3, 0.4) is 0 Å². The predicted octanol–water partition coefficient (Wildman–Crippen LogP) is 9.82. The van der Waals surface area contributed by atoms with Gasteiger partial charge in [-0.25, -0.2) is 0 Å². The van der Waals surface area contributed by atoms with Crippen LogP contribution in [0.5, 0.6) is 0 Å². The van der Waals surface area contributed by atoms with Crippen LogP contribution in [-0.4, -0.2) is 18.3 Å². The van der Waals surface area contributed by atoms with E-state index in [1.54, 1.807) is 0 Å². The molecule has 2 aliphatic rings. The van der Waals surface area contributed by atoms with Crippen molar-refractivity contribution in [1.82, 2.24) is 0 Å². The lowest BCUT2D eigenvalue weighted by Gasteiger charge is -2.35. The molecule has 6 aromatic carbocycles. The fourth-order valence-electron chi connectivity index (χ4n) is 7.39. The normalized spacial score (nSPS) is 16.8. The van der Waals surface area contributed by atoms with Crippen molar-refractivity contribution >= 4 is 29.6 Å². The highest BCUT2D eigenvalue weighted by atomic mass is 16.7. The third-order valence-corrected chi connectivity index (χ3v) is 10.4. The van der Waals surface area contributed by atoms with E-state index in [0.717, 1.165) is 22.5 Å². The minimum absolute atomic E-state index is 0.417. The molecule has 0 radical (unpaired) electrons. The summed E-state index contributed by atoms with van der Waals surface area (Å²) in [6.45, 7) is 8.39. The maximum absolute atomic E-state index is 6.48. The first-order valence-corrected chi connectivity index (χ1v) is 16.5. The van der Waals surface area contributed by atoms with Gasteiger partial charge in [0.15, 0.2) is 0 Å². The minimum Gasteiger partial charge on any atom is -0.399 e. The summed E-state index contributed by atoms with van der Waals surface area (Å²) in [5.74, 6) is 0. The number of nitrogens with zero attached hydrogens (tertiary/aromatic N) is 1. The second-order valence-electron chi connectivity index (χ2n) is 13.6. The van der Waals surface area contributed by atoms with Gasteiger partial charge < -0.3 is 14.2 Å². The van der Waals surface area contributed by atoms with E-state index in [1.807, 2.05) is 0 Å². The van der Waals surface area contributed by atoms with Gasteiger partial charge in [0.2, 0.25) is 0 Å². The number of anilines is 3. The van der Waals surface area contributed by atoms with Crippen molar-refractivity contribution < 1.29 is 9.31 Å². The third-order valence-electron chi connectivity index (χ3n) is 10.4. The van der Waals surface area contributed by atoms with Crippen LogP contribution in [0.4, 0.5) is 17.1 Å². The van der Waals surface area contributed by atoms with Crippen LogP contribution in [0.15, 0.2) is 158 Å². The van der Waals surface area contributed by atoms with Crippen LogP contribution in [0.2, 0.25) is 0 Å². The van der Waals surface area contributed by atoms with Gasteiger partial charge in [-0.1, -0.05) is 121 Å². The number of fused-ring (bicyclic) bond motifs is 3. The highest BCUT2D eigenvalue weighted by Crippen LogP contribution is 2.57. The van der Waals surface area contributed by atoms with Gasteiger partial charge in [0.05, 0.1) is 16.6 Å². The molecule has 230 valence electrons. The molecule has 4 heteroatoms. The topological polar surface area (TPSA) is 21.7 Å². The molecule has 0 unspecified atom stereocenters. The molecule has 1 fully saturated rings. The van der Waals surface area contributed by atoms with Crippen molar-refractivity contribution in [3.05, 3.63) is 180 Å². The molecule has 6 aromatic rings. The van der Waals surface area contributed by atoms with Gasteiger partial charge in [-0.3, -0.25) is 0 Å². The lowest BCUT2D eigenvalue weighted by atomic mass is 9.67. The van der Waals surface area contributed by atoms with Crippen LogP contribution in [-0.2, 0) is 14.7 Å². The molecule has 0 aromatic heterocycles. The zero-order chi connectivity index (χ0) is 32.2. The summed E-state index contributed by atoms with van der Waals surface area (Å²) in [6.07, 6.45) is 0. The number of para-hydroxylation sites is 1. The molecule has 0 saturated carbocycles. The molecule has 1 saturated heterocycles. The molecule has 1 aliphatic heterocycles. The lowest BCUT2D eigenvalue weighted by molar-refractivity contribution is 0.00578. The largest absolute Gasteiger partial charge is 0.494 e. The van der Waals surface area contributed by atoms with E-state index >= 15 is 0 Å². The maximum atomic E-state index is 6.48. The van der Waals surface area contributed by atoms with Gasteiger partial charge in [0, 0.05) is 17.1 Å². The van der Waals surface area contributed by atoms with Gasteiger partial charge in [-0.05, 0) is 103 Å². The van der Waals surface area contributed by atoms with Crippen LogP contribution < -0.4 is 10.4 Å². The highest BCUT2D eigenvalue weighted by molar-refractivity contribution is 6.62. The number of benzene rings is 6. The summed E-state index contributed by atoms with van der Waals surface area (Å²) < 4.78 is 13.0. The Morgan fingerprint density at radius 1 is 0.447 bits per heavy atom. The van der Waals surface area contributed by atoms with E-state index in [9.17, 15) is 0 Å². The SMILES string of the molecule is CC1(C)OB(c2cccc(N(c3ccccc3)c3ccc4c(c3)C(c3ccccc3)(c3ccccc3)c3ccccc3-4)c2)OC1(C)C. The van der Waals surface area contributed by atoms with Gasteiger partial charge in [-0.2, -0.15) is 0 Å². The van der Waals surface area contributed by atoms with E-state index < -0.39 is 23.7 Å². The predicted molar refractivity (Wildman–Crippen MR) is 194 cm³/mol. The second kappa shape index (κ2) is 11.1. The Balaban J connectivity index is 1.34. The summed E-state index contributed by atoms with van der Waals surface area (Å²) in [7, 11) is -0.448. The molecular weight excluding hydrogens is 573 g/mol. The van der Waals surface area contributed by atoms with Crippen LogP contribution in [0.25, 0.3) is 11.1 Å². The molecule has 8 rings (SSSR count). The maximum Gasteiger partial charge on any atom is 0.494 e. The Labute approximate surface area is 278 Å². The third kappa shape index (κ3) is 4.66. The summed E-state index contributed by atoms with van der Waals surface area (Å²) in [6, 6.07) is 57.0. The molecule has 0 N–H and O–H groups in total. The second-order valence-corrected chi connectivity index (χ2v) is 13.6. The van der Waals surface area contributed by atoms with E-state index in [4.69, 9.17) is 9.31 Å². The Morgan fingerprint density at radius 2 is 0.957 bits per heavy atom. The monoisotopic (exact) mass is 611 g/mol. The van der Waals surface area contributed by atoms with Crippen molar-refractivity contribution in [2.45, 2.75) is 44.3 Å². The number of hydrogen-bond acceptors (Lipinski definition) is 3. The zero-order valence-corrected chi connectivity index (χ0v) is 27.4. The van der Waals surface area contributed by atoms with Crippen LogP contribution in [0, 0.1) is 0 Å². The fraction of sp³-hybridized carbons (Fsp3) is 0.163. The van der Waals surface area contributed by atoms with Crippen molar-refractivity contribution in [3.63, 3.8) is 0 Å². The Kier molecular flexibility index (Phi) is 6.98. The average molecular weight is 612 g/mol. The van der Waals surface area contributed by atoms with Gasteiger partial charge >= 0.3 is 7.12 Å². The molecule has 1 aliphatic carbocycles. The Morgan fingerprint density at radius 3 is 1.60 bits per heavy atom. The molecule has 3 nitrogen and oxygen atoms in total. The van der Waals surface area contributed by atoms with E-state index in [1.165, 1.54) is 33.4 Å². The van der Waals surface area contributed by atoms with E-state index in [-0.39, 0.29) is 0 Å². The molecule has 0 spiro atoms. The van der Waals surface area contributed by atoms with Crippen molar-refractivity contribution in [2.24, 2.45) is 0 Å². The smallest absolute Gasteiger partial charge is 0.399 e.